The number of carbonyl (C=O) groups is 1. The number of nitriles is 1. The van der Waals surface area contributed by atoms with Crippen molar-refractivity contribution in [1.82, 2.24) is 4.98 Å². The summed E-state index contributed by atoms with van der Waals surface area (Å²) in [5, 5.41) is 14.6. The average molecular weight is 304 g/mol. The van der Waals surface area contributed by atoms with Crippen molar-refractivity contribution in [2.45, 2.75) is 0 Å². The van der Waals surface area contributed by atoms with Gasteiger partial charge in [0.25, 0.3) is 5.91 Å². The maximum atomic E-state index is 11.8. The van der Waals surface area contributed by atoms with Crippen LogP contribution in [-0.2, 0) is 0 Å². The molecular formula is C17H12N4O2. The zero-order valence-corrected chi connectivity index (χ0v) is 12.0. The number of aromatic nitrogens is 1. The van der Waals surface area contributed by atoms with Gasteiger partial charge in [-0.3, -0.25) is 4.79 Å². The van der Waals surface area contributed by atoms with E-state index >= 15 is 0 Å². The van der Waals surface area contributed by atoms with Gasteiger partial charge in [0.1, 0.15) is 5.82 Å². The number of nitrogens with zero attached hydrogens (tertiary/aromatic N) is 2. The van der Waals surface area contributed by atoms with Crippen molar-refractivity contribution >= 4 is 23.1 Å². The van der Waals surface area contributed by atoms with Crippen LogP contribution in [0, 0.1) is 11.3 Å². The van der Waals surface area contributed by atoms with E-state index in [2.05, 4.69) is 21.7 Å². The second-order valence-corrected chi connectivity index (χ2v) is 4.68. The number of hydrogen-bond acceptors (Lipinski definition) is 5. The van der Waals surface area contributed by atoms with Crippen LogP contribution in [0.4, 0.5) is 17.2 Å². The fourth-order valence-corrected chi connectivity index (χ4v) is 1.92. The first-order valence-electron chi connectivity index (χ1n) is 6.83. The molecule has 0 spiro atoms. The summed E-state index contributed by atoms with van der Waals surface area (Å²) >= 11 is 0. The lowest BCUT2D eigenvalue weighted by molar-refractivity contribution is 0.0996. The van der Waals surface area contributed by atoms with Gasteiger partial charge in [-0.1, -0.05) is 0 Å². The fraction of sp³-hybridized carbons (Fsp3) is 0. The Balaban J connectivity index is 1.64. The number of amides is 1. The SMILES string of the molecule is N#Cc1ccc(Nc2ccc(NC(=O)c3ccco3)nc2)cc1. The van der Waals surface area contributed by atoms with Crippen LogP contribution in [0.1, 0.15) is 16.1 Å². The molecule has 3 rings (SSSR count). The number of nitrogens with one attached hydrogen (secondary N) is 2. The summed E-state index contributed by atoms with van der Waals surface area (Å²) in [6.07, 6.45) is 3.04. The number of anilines is 3. The second kappa shape index (κ2) is 6.45. The Bertz CT molecular complexity index is 832. The predicted molar refractivity (Wildman–Crippen MR) is 85.3 cm³/mol. The highest BCUT2D eigenvalue weighted by Gasteiger charge is 2.09. The molecule has 0 saturated heterocycles. The first kappa shape index (κ1) is 14.4. The summed E-state index contributed by atoms with van der Waals surface area (Å²) in [6, 6.07) is 15.9. The summed E-state index contributed by atoms with van der Waals surface area (Å²) in [6.45, 7) is 0. The van der Waals surface area contributed by atoms with E-state index in [-0.39, 0.29) is 11.7 Å². The molecular weight excluding hydrogens is 292 g/mol. The number of benzene rings is 1. The molecule has 0 aliphatic heterocycles. The molecule has 6 heteroatoms. The fourth-order valence-electron chi connectivity index (χ4n) is 1.92. The molecule has 112 valence electrons. The van der Waals surface area contributed by atoms with Crippen molar-refractivity contribution in [3.05, 3.63) is 72.3 Å². The van der Waals surface area contributed by atoms with Gasteiger partial charge in [0.2, 0.25) is 0 Å². The molecule has 2 aromatic heterocycles. The van der Waals surface area contributed by atoms with Gasteiger partial charge in [-0.25, -0.2) is 4.98 Å². The number of hydrogen-bond donors (Lipinski definition) is 2. The molecule has 6 nitrogen and oxygen atoms in total. The Morgan fingerprint density at radius 2 is 1.87 bits per heavy atom. The molecule has 0 radical (unpaired) electrons. The van der Waals surface area contributed by atoms with Crippen LogP contribution in [0.5, 0.6) is 0 Å². The molecule has 1 aromatic carbocycles. The minimum Gasteiger partial charge on any atom is -0.459 e. The van der Waals surface area contributed by atoms with Crippen molar-refractivity contribution in [3.63, 3.8) is 0 Å². The molecule has 0 atom stereocenters. The van der Waals surface area contributed by atoms with E-state index in [4.69, 9.17) is 9.68 Å². The topological polar surface area (TPSA) is 91.0 Å². The molecule has 3 aromatic rings. The van der Waals surface area contributed by atoms with Crippen LogP contribution < -0.4 is 10.6 Å². The normalized spacial score (nSPS) is 9.87. The van der Waals surface area contributed by atoms with Crippen molar-refractivity contribution in [1.29, 1.82) is 5.26 Å². The Labute approximate surface area is 132 Å². The third-order valence-electron chi connectivity index (χ3n) is 3.05. The highest BCUT2D eigenvalue weighted by molar-refractivity contribution is 6.01. The van der Waals surface area contributed by atoms with Crippen molar-refractivity contribution in [2.75, 3.05) is 10.6 Å². The summed E-state index contributed by atoms with van der Waals surface area (Å²) in [4.78, 5) is 16.0. The van der Waals surface area contributed by atoms with Gasteiger partial charge in [-0.05, 0) is 48.5 Å². The number of pyridine rings is 1. The predicted octanol–water partition coefficient (Wildman–Crippen LogP) is 3.54. The minimum absolute atomic E-state index is 0.228. The number of furan rings is 1. The lowest BCUT2D eigenvalue weighted by Gasteiger charge is -2.07. The van der Waals surface area contributed by atoms with Gasteiger partial charge in [0, 0.05) is 5.69 Å². The van der Waals surface area contributed by atoms with E-state index < -0.39 is 0 Å². The van der Waals surface area contributed by atoms with Crippen molar-refractivity contribution in [2.24, 2.45) is 0 Å². The van der Waals surface area contributed by atoms with E-state index in [0.29, 0.717) is 11.4 Å². The molecule has 0 aliphatic carbocycles. The molecule has 0 saturated carbocycles. The molecule has 0 unspecified atom stereocenters. The summed E-state index contributed by atoms with van der Waals surface area (Å²) < 4.78 is 5.01. The Morgan fingerprint density at radius 3 is 2.48 bits per heavy atom. The minimum atomic E-state index is -0.352. The Hall–Kier alpha value is -3.59. The maximum Gasteiger partial charge on any atom is 0.292 e. The summed E-state index contributed by atoms with van der Waals surface area (Å²) in [7, 11) is 0. The molecule has 2 heterocycles. The molecule has 0 bridgehead atoms. The van der Waals surface area contributed by atoms with E-state index in [1.54, 1.807) is 42.6 Å². The van der Waals surface area contributed by atoms with Crippen LogP contribution in [-0.4, -0.2) is 10.9 Å². The third-order valence-corrected chi connectivity index (χ3v) is 3.05. The van der Waals surface area contributed by atoms with E-state index in [0.717, 1.165) is 11.4 Å². The highest BCUT2D eigenvalue weighted by atomic mass is 16.3. The van der Waals surface area contributed by atoms with Gasteiger partial charge in [0.15, 0.2) is 5.76 Å². The smallest absolute Gasteiger partial charge is 0.292 e. The van der Waals surface area contributed by atoms with Gasteiger partial charge >= 0.3 is 0 Å². The van der Waals surface area contributed by atoms with Crippen LogP contribution in [0.3, 0.4) is 0 Å². The number of carbonyl (C=O) groups excluding carboxylic acids is 1. The van der Waals surface area contributed by atoms with E-state index in [1.807, 2.05) is 12.1 Å². The highest BCUT2D eigenvalue weighted by Crippen LogP contribution is 2.17. The van der Waals surface area contributed by atoms with Crippen LogP contribution in [0.15, 0.2) is 65.4 Å². The third kappa shape index (κ3) is 3.54. The summed E-state index contributed by atoms with van der Waals surface area (Å²) in [5.41, 5.74) is 2.22. The molecule has 23 heavy (non-hydrogen) atoms. The number of rotatable bonds is 4. The monoisotopic (exact) mass is 304 g/mol. The van der Waals surface area contributed by atoms with E-state index in [1.165, 1.54) is 6.26 Å². The first-order chi connectivity index (χ1) is 11.2. The average Bonchev–Trinajstić information content (AvgIpc) is 3.12. The van der Waals surface area contributed by atoms with E-state index in [9.17, 15) is 4.79 Å². The van der Waals surface area contributed by atoms with Crippen molar-refractivity contribution < 1.29 is 9.21 Å². The van der Waals surface area contributed by atoms with Crippen molar-refractivity contribution in [3.8, 4) is 6.07 Å². The van der Waals surface area contributed by atoms with Gasteiger partial charge < -0.3 is 15.1 Å². The zero-order chi connectivity index (χ0) is 16.1. The maximum absolute atomic E-state index is 11.8. The second-order valence-electron chi connectivity index (χ2n) is 4.68. The first-order valence-corrected chi connectivity index (χ1v) is 6.83. The Morgan fingerprint density at radius 1 is 1.09 bits per heavy atom. The van der Waals surface area contributed by atoms with Gasteiger partial charge in [-0.15, -0.1) is 0 Å². The van der Waals surface area contributed by atoms with Crippen LogP contribution in [0.2, 0.25) is 0 Å². The van der Waals surface area contributed by atoms with Crippen LogP contribution >= 0.6 is 0 Å². The lowest BCUT2D eigenvalue weighted by atomic mass is 10.2. The molecule has 0 aliphatic rings. The van der Waals surface area contributed by atoms with Gasteiger partial charge in [-0.2, -0.15) is 5.26 Å². The zero-order valence-electron chi connectivity index (χ0n) is 12.0. The Kier molecular flexibility index (Phi) is 4.03. The molecule has 0 fully saturated rings. The van der Waals surface area contributed by atoms with Gasteiger partial charge in [0.05, 0.1) is 29.8 Å². The lowest BCUT2D eigenvalue weighted by Crippen LogP contribution is -2.11. The standard InChI is InChI=1S/C17H12N4O2/c18-10-12-3-5-13(6-4-12)20-14-7-8-16(19-11-14)21-17(22)15-2-1-9-23-15/h1-9,11,20H,(H,19,21,22). The molecule has 1 amide bonds. The van der Waals surface area contributed by atoms with Crippen LogP contribution in [0.25, 0.3) is 0 Å². The summed E-state index contributed by atoms with van der Waals surface area (Å²) in [5.74, 6) is 0.304. The quantitative estimate of drug-likeness (QED) is 0.769. The largest absolute Gasteiger partial charge is 0.459 e. The molecule has 2 N–H and O–H groups in total.